The van der Waals surface area contributed by atoms with E-state index in [-0.39, 0.29) is 6.61 Å². The first-order valence-corrected chi connectivity index (χ1v) is 5.34. The Bertz CT molecular complexity index is 500. The molecule has 4 heteroatoms. The summed E-state index contributed by atoms with van der Waals surface area (Å²) >= 11 is 0. The van der Waals surface area contributed by atoms with Gasteiger partial charge in [0, 0.05) is 12.4 Å². The highest BCUT2D eigenvalue weighted by Crippen LogP contribution is 2.13. The van der Waals surface area contributed by atoms with Crippen LogP contribution < -0.4 is 10.2 Å². The van der Waals surface area contributed by atoms with Crippen molar-refractivity contribution in [2.75, 3.05) is 12.0 Å². The van der Waals surface area contributed by atoms with E-state index in [1.165, 1.54) is 0 Å². The quantitative estimate of drug-likeness (QED) is 0.851. The molecule has 2 rings (SSSR count). The van der Waals surface area contributed by atoms with Crippen LogP contribution in [0.1, 0.15) is 5.56 Å². The van der Waals surface area contributed by atoms with E-state index in [2.05, 4.69) is 5.43 Å². The zero-order chi connectivity index (χ0) is 11.9. The Hall–Kier alpha value is -2.41. The number of nitriles is 1. The third-order valence-corrected chi connectivity index (χ3v) is 2.27. The number of aromatic nitrogens is 1. The lowest BCUT2D eigenvalue weighted by Gasteiger charge is -2.08. The van der Waals surface area contributed by atoms with Crippen molar-refractivity contribution in [1.82, 2.24) is 4.68 Å². The minimum Gasteiger partial charge on any atom is -0.479 e. The van der Waals surface area contributed by atoms with Gasteiger partial charge in [-0.3, -0.25) is 4.68 Å². The van der Waals surface area contributed by atoms with Crippen LogP contribution in [0.3, 0.4) is 0 Å². The lowest BCUT2D eigenvalue weighted by Crippen LogP contribution is -2.11. The monoisotopic (exact) mass is 227 g/mol. The van der Waals surface area contributed by atoms with Crippen molar-refractivity contribution >= 4 is 0 Å². The van der Waals surface area contributed by atoms with Crippen LogP contribution >= 0.6 is 0 Å². The van der Waals surface area contributed by atoms with Crippen LogP contribution in [-0.2, 0) is 6.54 Å². The number of benzene rings is 1. The summed E-state index contributed by atoms with van der Waals surface area (Å²) in [6, 6.07) is 13.6. The molecule has 0 atom stereocenters. The van der Waals surface area contributed by atoms with Crippen molar-refractivity contribution in [3.63, 3.8) is 0 Å². The number of rotatable bonds is 5. The van der Waals surface area contributed by atoms with Crippen LogP contribution in [0, 0.1) is 11.3 Å². The molecule has 4 nitrogen and oxygen atoms in total. The van der Waals surface area contributed by atoms with Gasteiger partial charge in [-0.15, -0.1) is 0 Å². The van der Waals surface area contributed by atoms with E-state index in [1.807, 2.05) is 59.5 Å². The van der Waals surface area contributed by atoms with Gasteiger partial charge in [0.15, 0.2) is 6.61 Å². The van der Waals surface area contributed by atoms with Crippen molar-refractivity contribution in [2.24, 2.45) is 0 Å². The Morgan fingerprint density at radius 2 is 2.06 bits per heavy atom. The van der Waals surface area contributed by atoms with E-state index in [1.54, 1.807) is 0 Å². The van der Waals surface area contributed by atoms with Crippen LogP contribution in [0.25, 0.3) is 0 Å². The molecule has 2 aromatic rings. The second-order valence-electron chi connectivity index (χ2n) is 3.52. The molecule has 0 aliphatic rings. The van der Waals surface area contributed by atoms with Gasteiger partial charge in [0.1, 0.15) is 11.8 Å². The molecular weight excluding hydrogens is 214 g/mol. The molecule has 1 aromatic carbocycles. The first-order valence-electron chi connectivity index (χ1n) is 5.34. The SMILES string of the molecule is N#CCOc1cccc(CNn2cccc2)c1. The van der Waals surface area contributed by atoms with Gasteiger partial charge in [-0.2, -0.15) is 5.26 Å². The number of hydrogen-bond donors (Lipinski definition) is 1. The Kier molecular flexibility index (Phi) is 3.66. The molecule has 0 saturated carbocycles. The zero-order valence-corrected chi connectivity index (χ0v) is 9.34. The van der Waals surface area contributed by atoms with E-state index in [0.29, 0.717) is 6.54 Å². The summed E-state index contributed by atoms with van der Waals surface area (Å²) < 4.78 is 7.13. The second kappa shape index (κ2) is 5.61. The largest absolute Gasteiger partial charge is 0.479 e. The summed E-state index contributed by atoms with van der Waals surface area (Å²) in [7, 11) is 0. The van der Waals surface area contributed by atoms with E-state index >= 15 is 0 Å². The van der Waals surface area contributed by atoms with Gasteiger partial charge in [-0.05, 0) is 29.8 Å². The fraction of sp³-hybridized carbons (Fsp3) is 0.154. The molecule has 1 aromatic heterocycles. The molecule has 1 N–H and O–H groups in total. The molecule has 0 bridgehead atoms. The minimum atomic E-state index is 0.0779. The molecule has 0 unspecified atom stereocenters. The topological polar surface area (TPSA) is 50.0 Å². The first kappa shape index (κ1) is 11.1. The maximum Gasteiger partial charge on any atom is 0.174 e. The average molecular weight is 227 g/mol. The summed E-state index contributed by atoms with van der Waals surface area (Å²) in [5, 5.41) is 8.43. The van der Waals surface area contributed by atoms with Crippen LogP contribution in [0.2, 0.25) is 0 Å². The van der Waals surface area contributed by atoms with Gasteiger partial charge in [0.2, 0.25) is 0 Å². The van der Waals surface area contributed by atoms with Gasteiger partial charge in [-0.1, -0.05) is 12.1 Å². The molecule has 0 aliphatic carbocycles. The predicted octanol–water partition coefficient (Wildman–Crippen LogP) is 2.13. The van der Waals surface area contributed by atoms with Crippen molar-refractivity contribution in [2.45, 2.75) is 6.54 Å². The molecule has 0 amide bonds. The maximum atomic E-state index is 8.43. The number of ether oxygens (including phenoxy) is 1. The summed E-state index contributed by atoms with van der Waals surface area (Å²) in [5.74, 6) is 0.721. The predicted molar refractivity (Wildman–Crippen MR) is 65.0 cm³/mol. The highest BCUT2D eigenvalue weighted by Gasteiger charge is 1.96. The molecule has 0 saturated heterocycles. The van der Waals surface area contributed by atoms with Crippen molar-refractivity contribution in [3.05, 3.63) is 54.4 Å². The summed E-state index contributed by atoms with van der Waals surface area (Å²) in [6.45, 7) is 0.785. The standard InChI is InChI=1S/C13H13N3O/c14-6-9-17-13-5-3-4-12(10-13)11-15-16-7-1-2-8-16/h1-5,7-8,10,15H,9,11H2. The zero-order valence-electron chi connectivity index (χ0n) is 9.34. The van der Waals surface area contributed by atoms with Gasteiger partial charge >= 0.3 is 0 Å². The Balaban J connectivity index is 1.94. The highest BCUT2D eigenvalue weighted by atomic mass is 16.5. The van der Waals surface area contributed by atoms with Gasteiger partial charge in [0.05, 0.1) is 6.54 Å². The van der Waals surface area contributed by atoms with Gasteiger partial charge in [0.25, 0.3) is 0 Å². The lowest BCUT2D eigenvalue weighted by molar-refractivity contribution is 0.368. The smallest absolute Gasteiger partial charge is 0.174 e. The minimum absolute atomic E-state index is 0.0779. The molecular formula is C13H13N3O. The summed E-state index contributed by atoms with van der Waals surface area (Å²) in [5.41, 5.74) is 4.33. The molecule has 1 heterocycles. The van der Waals surface area contributed by atoms with Crippen LogP contribution in [0.15, 0.2) is 48.8 Å². The lowest BCUT2D eigenvalue weighted by atomic mass is 10.2. The Morgan fingerprint density at radius 1 is 1.24 bits per heavy atom. The van der Waals surface area contributed by atoms with E-state index < -0.39 is 0 Å². The third-order valence-electron chi connectivity index (χ3n) is 2.27. The van der Waals surface area contributed by atoms with E-state index in [0.717, 1.165) is 11.3 Å². The van der Waals surface area contributed by atoms with Crippen LogP contribution in [0.5, 0.6) is 5.75 Å². The molecule has 86 valence electrons. The highest BCUT2D eigenvalue weighted by molar-refractivity contribution is 5.29. The molecule has 17 heavy (non-hydrogen) atoms. The Labute approximate surface area is 100 Å². The average Bonchev–Trinajstić information content (AvgIpc) is 2.87. The fourth-order valence-electron chi connectivity index (χ4n) is 1.48. The third kappa shape index (κ3) is 3.28. The molecule has 0 spiro atoms. The molecule has 0 aliphatic heterocycles. The number of hydrogen-bond acceptors (Lipinski definition) is 3. The van der Waals surface area contributed by atoms with E-state index in [4.69, 9.17) is 10.00 Å². The molecule has 0 fully saturated rings. The molecule has 0 radical (unpaired) electrons. The van der Waals surface area contributed by atoms with Crippen LogP contribution in [-0.4, -0.2) is 11.3 Å². The summed E-state index contributed by atoms with van der Waals surface area (Å²) in [6.07, 6.45) is 3.88. The maximum absolute atomic E-state index is 8.43. The fourth-order valence-corrected chi connectivity index (χ4v) is 1.48. The van der Waals surface area contributed by atoms with Gasteiger partial charge < -0.3 is 10.2 Å². The second-order valence-corrected chi connectivity index (χ2v) is 3.52. The normalized spacial score (nSPS) is 9.59. The Morgan fingerprint density at radius 3 is 2.82 bits per heavy atom. The number of nitrogens with one attached hydrogen (secondary N) is 1. The van der Waals surface area contributed by atoms with E-state index in [9.17, 15) is 0 Å². The van der Waals surface area contributed by atoms with Gasteiger partial charge in [-0.25, -0.2) is 0 Å². The summed E-state index contributed by atoms with van der Waals surface area (Å²) in [4.78, 5) is 0. The van der Waals surface area contributed by atoms with Crippen molar-refractivity contribution in [3.8, 4) is 11.8 Å². The number of nitrogens with zero attached hydrogens (tertiary/aromatic N) is 2. The van der Waals surface area contributed by atoms with Crippen LogP contribution in [0.4, 0.5) is 0 Å². The van der Waals surface area contributed by atoms with Crippen molar-refractivity contribution in [1.29, 1.82) is 5.26 Å². The van der Waals surface area contributed by atoms with Crippen molar-refractivity contribution < 1.29 is 4.74 Å². The first-order chi connectivity index (χ1) is 8.38.